The molecule has 5 atom stereocenters. The summed E-state index contributed by atoms with van der Waals surface area (Å²) in [6.45, 7) is 9.26. The summed E-state index contributed by atoms with van der Waals surface area (Å²) in [5, 5.41) is 8.95. The molecule has 2 aromatic rings. The molecule has 3 unspecified atom stereocenters. The molecule has 0 radical (unpaired) electrons. The number of amidine groups is 1. The molecule has 0 aliphatic carbocycles. The molecule has 56 heavy (non-hydrogen) atoms. The summed E-state index contributed by atoms with van der Waals surface area (Å²) in [6, 6.07) is 6.13. The number of amides is 4. The van der Waals surface area contributed by atoms with Gasteiger partial charge in [-0.2, -0.15) is 0 Å². The minimum atomic E-state index is -0.697. The van der Waals surface area contributed by atoms with Crippen molar-refractivity contribution in [2.45, 2.75) is 83.6 Å². The smallest absolute Gasteiger partial charge is 0.407 e. The number of hydrogen-bond acceptors (Lipinski definition) is 11. The van der Waals surface area contributed by atoms with E-state index in [1.54, 1.807) is 11.1 Å². The number of imidazole rings is 1. The Bertz CT molecular complexity index is 2030. The number of nitrogens with zero attached hydrogens (tertiary/aromatic N) is 6. The van der Waals surface area contributed by atoms with Gasteiger partial charge in [0.25, 0.3) is 0 Å². The van der Waals surface area contributed by atoms with Gasteiger partial charge in [-0.1, -0.05) is 52.0 Å². The van der Waals surface area contributed by atoms with Crippen LogP contribution in [-0.4, -0.2) is 119 Å². The van der Waals surface area contributed by atoms with Crippen LogP contribution in [0, 0.1) is 11.8 Å². The van der Waals surface area contributed by atoms with Crippen molar-refractivity contribution in [3.8, 4) is 11.3 Å². The molecular weight excluding hydrogens is 717 g/mol. The van der Waals surface area contributed by atoms with Gasteiger partial charge in [-0.3, -0.25) is 24.6 Å². The summed E-state index contributed by atoms with van der Waals surface area (Å²) in [6.07, 6.45) is 7.48. The van der Waals surface area contributed by atoms with Crippen molar-refractivity contribution in [1.29, 1.82) is 0 Å². The van der Waals surface area contributed by atoms with Gasteiger partial charge in [0.15, 0.2) is 0 Å². The number of benzene rings is 1. The quantitative estimate of drug-likeness (QED) is 0.265. The number of fused-ring (bicyclic) bond motifs is 1. The van der Waals surface area contributed by atoms with Crippen molar-refractivity contribution in [2.24, 2.45) is 26.8 Å². The van der Waals surface area contributed by atoms with E-state index in [0.29, 0.717) is 25.5 Å². The third-order valence-corrected chi connectivity index (χ3v) is 11.1. The first kappa shape index (κ1) is 38.5. The highest BCUT2D eigenvalue weighted by atomic mass is 16.5. The van der Waals surface area contributed by atoms with Gasteiger partial charge in [-0.05, 0) is 43.1 Å². The molecule has 0 saturated carbocycles. The summed E-state index contributed by atoms with van der Waals surface area (Å²) in [7, 11) is 2.57. The fourth-order valence-electron chi connectivity index (χ4n) is 8.10. The van der Waals surface area contributed by atoms with Crippen molar-refractivity contribution in [3.63, 3.8) is 0 Å². The maximum absolute atomic E-state index is 13.6. The molecule has 6 heterocycles. The van der Waals surface area contributed by atoms with E-state index in [1.165, 1.54) is 14.2 Å². The Kier molecular flexibility index (Phi) is 11.1. The number of carbonyl (C=O) groups is 4. The van der Waals surface area contributed by atoms with Gasteiger partial charge in [0, 0.05) is 42.2 Å². The molecule has 296 valence electrons. The first-order chi connectivity index (χ1) is 27.0. The standard InChI is InChI=1S/C40H50N10O6/c1-21(2)31(47-39(53)55-5)37(51)49-15-7-9-29(49)35-43-19-27(45-35)23-11-13-24(14-12-23)33-25-17-42-34(26(25)18-41-33)28-20-44-36(46-28)30-10-8-16-50(30)38(52)32(22(3)4)48-40(54)56-6/h11-14,17-19,21-22,28-32H,7-10,15-16,20H2,1-6H3,(H,43,45)(H,44,46)(H,47,53)(H,48,54)/t28?,29?,30?,31-,32-/m0/s1. The second-order valence-corrected chi connectivity index (χ2v) is 15.4. The van der Waals surface area contributed by atoms with Crippen LogP contribution >= 0.6 is 0 Å². The third kappa shape index (κ3) is 7.43. The van der Waals surface area contributed by atoms with Gasteiger partial charge in [-0.25, -0.2) is 14.6 Å². The van der Waals surface area contributed by atoms with Gasteiger partial charge >= 0.3 is 12.2 Å². The van der Waals surface area contributed by atoms with Crippen molar-refractivity contribution >= 4 is 41.3 Å². The van der Waals surface area contributed by atoms with Crippen molar-refractivity contribution in [1.82, 2.24) is 35.7 Å². The summed E-state index contributed by atoms with van der Waals surface area (Å²) < 4.78 is 9.52. The van der Waals surface area contributed by atoms with Gasteiger partial charge in [0.05, 0.1) is 62.2 Å². The van der Waals surface area contributed by atoms with E-state index in [0.717, 1.165) is 70.9 Å². The second kappa shape index (κ2) is 16.1. The number of alkyl carbamates (subject to hydrolysis) is 2. The lowest BCUT2D eigenvalue weighted by atomic mass is 9.94. The Morgan fingerprint density at radius 3 is 1.96 bits per heavy atom. The summed E-state index contributed by atoms with van der Waals surface area (Å²) in [5.41, 5.74) is 6.33. The Hall–Kier alpha value is -5.80. The lowest BCUT2D eigenvalue weighted by molar-refractivity contribution is -0.135. The molecule has 16 nitrogen and oxygen atoms in total. The van der Waals surface area contributed by atoms with E-state index in [4.69, 9.17) is 24.5 Å². The van der Waals surface area contributed by atoms with Crippen molar-refractivity contribution < 1.29 is 28.7 Å². The fraction of sp³-hybridized carbons (Fsp3) is 0.500. The number of carbonyl (C=O) groups excluding carboxylic acids is 4. The topological polar surface area (TPSA) is 195 Å². The highest BCUT2D eigenvalue weighted by molar-refractivity contribution is 6.28. The molecule has 1 aromatic heterocycles. The average molecular weight is 767 g/mol. The zero-order valence-electron chi connectivity index (χ0n) is 32.7. The molecule has 4 amide bonds. The van der Waals surface area contributed by atoms with Crippen molar-refractivity contribution in [2.75, 3.05) is 33.9 Å². The van der Waals surface area contributed by atoms with Crippen molar-refractivity contribution in [3.05, 3.63) is 65.4 Å². The van der Waals surface area contributed by atoms with E-state index in [1.807, 2.05) is 69.3 Å². The molecule has 5 aliphatic rings. The minimum absolute atomic E-state index is 0.112. The summed E-state index contributed by atoms with van der Waals surface area (Å²) in [5.74, 6) is 0.955. The molecule has 5 aliphatic heterocycles. The number of aromatic nitrogens is 2. The monoisotopic (exact) mass is 766 g/mol. The van der Waals surface area contributed by atoms with Crippen LogP contribution in [0.3, 0.4) is 0 Å². The predicted molar refractivity (Wildman–Crippen MR) is 210 cm³/mol. The number of nitrogens with one attached hydrogen (secondary N) is 4. The fourth-order valence-corrected chi connectivity index (χ4v) is 8.10. The number of hydrogen-bond donors (Lipinski definition) is 4. The van der Waals surface area contributed by atoms with Crippen LogP contribution in [0.2, 0.25) is 0 Å². The van der Waals surface area contributed by atoms with Gasteiger partial charge in [-0.15, -0.1) is 0 Å². The van der Waals surface area contributed by atoms with E-state index in [9.17, 15) is 19.2 Å². The van der Waals surface area contributed by atoms with Crippen LogP contribution in [0.15, 0.2) is 69.0 Å². The van der Waals surface area contributed by atoms with Crippen LogP contribution in [0.1, 0.15) is 70.8 Å². The maximum Gasteiger partial charge on any atom is 0.407 e. The third-order valence-electron chi connectivity index (χ3n) is 11.1. The number of aromatic amines is 1. The van der Waals surface area contributed by atoms with Crippen LogP contribution in [0.4, 0.5) is 9.59 Å². The van der Waals surface area contributed by atoms with Gasteiger partial charge in [0.1, 0.15) is 23.7 Å². The number of likely N-dealkylation sites (tertiary alicyclic amines) is 2. The normalized spacial score (nSPS) is 22.5. The Balaban J connectivity index is 0.963. The van der Waals surface area contributed by atoms with Crippen LogP contribution in [0.25, 0.3) is 11.3 Å². The molecule has 4 N–H and O–H groups in total. The first-order valence-corrected chi connectivity index (χ1v) is 19.3. The van der Waals surface area contributed by atoms with E-state index in [2.05, 4.69) is 25.9 Å². The van der Waals surface area contributed by atoms with Crippen LogP contribution in [0.5, 0.6) is 0 Å². The zero-order chi connectivity index (χ0) is 39.7. The minimum Gasteiger partial charge on any atom is -0.453 e. The van der Waals surface area contributed by atoms with E-state index < -0.39 is 24.3 Å². The summed E-state index contributed by atoms with van der Waals surface area (Å²) >= 11 is 0. The Morgan fingerprint density at radius 2 is 1.36 bits per heavy atom. The maximum atomic E-state index is 13.6. The number of H-pyrrole nitrogens is 1. The number of rotatable bonds is 11. The average Bonchev–Trinajstić information content (AvgIpc) is 4.04. The molecular formula is C40H50N10O6. The van der Waals surface area contributed by atoms with Gasteiger partial charge in [0.2, 0.25) is 11.8 Å². The van der Waals surface area contributed by atoms with Crippen LogP contribution in [-0.2, 0) is 19.1 Å². The Labute approximate surface area is 326 Å². The molecule has 2 fully saturated rings. The largest absolute Gasteiger partial charge is 0.453 e. The molecule has 0 spiro atoms. The predicted octanol–water partition coefficient (Wildman–Crippen LogP) is 3.89. The molecule has 0 bridgehead atoms. The second-order valence-electron chi connectivity index (χ2n) is 15.4. The molecule has 2 saturated heterocycles. The molecule has 1 aromatic carbocycles. The number of methoxy groups -OCH3 is 2. The van der Waals surface area contributed by atoms with E-state index in [-0.39, 0.29) is 41.8 Å². The first-order valence-electron chi connectivity index (χ1n) is 19.3. The van der Waals surface area contributed by atoms with E-state index >= 15 is 0 Å². The highest BCUT2D eigenvalue weighted by Gasteiger charge is 2.42. The number of allylic oxidation sites excluding steroid dienone is 1. The number of aliphatic imine (C=N–C) groups is 3. The van der Waals surface area contributed by atoms with Gasteiger partial charge < -0.3 is 40.2 Å². The summed E-state index contributed by atoms with van der Waals surface area (Å²) in [4.78, 5) is 77.3. The molecule has 7 rings (SSSR count). The highest BCUT2D eigenvalue weighted by Crippen LogP contribution is 2.35. The Morgan fingerprint density at radius 1 is 0.786 bits per heavy atom. The lowest BCUT2D eigenvalue weighted by Gasteiger charge is -2.31. The SMILES string of the molecule is COC(=O)N[C@H](C(=O)N1CCCC1C1=NCC(C2=NC=C3C2=CN=C3c2ccc(-c3cnc(C4CCCN4C(=O)[C@@H](NC(=O)OC)C(C)C)[nH]3)cc2)N1)C(C)C. The lowest BCUT2D eigenvalue weighted by Crippen LogP contribution is -2.55. The number of ether oxygens (including phenoxy) is 2. The van der Waals surface area contributed by atoms with Crippen LogP contribution < -0.4 is 16.0 Å². The zero-order valence-corrected chi connectivity index (χ0v) is 32.7. The molecule has 16 heteroatoms.